The van der Waals surface area contributed by atoms with Crippen LogP contribution in [-0.2, 0) is 13.0 Å². The van der Waals surface area contributed by atoms with E-state index in [1.165, 1.54) is 5.56 Å². The van der Waals surface area contributed by atoms with Crippen LogP contribution in [-0.4, -0.2) is 6.04 Å². The van der Waals surface area contributed by atoms with Crippen molar-refractivity contribution in [3.63, 3.8) is 0 Å². The molecule has 0 bridgehead atoms. The standard InChI is InChI=1S/C16H16BrCl2NO/c1-10(20)6-11-3-5-16(13(17)7-11)21-9-12-2-4-14(18)15(19)8-12/h2-5,7-8,10H,6,9,20H2,1H3. The Hall–Kier alpha value is -0.740. The van der Waals surface area contributed by atoms with Crippen LogP contribution < -0.4 is 10.5 Å². The number of ether oxygens (including phenoxy) is 1. The van der Waals surface area contributed by atoms with Crippen molar-refractivity contribution >= 4 is 39.1 Å². The van der Waals surface area contributed by atoms with Gasteiger partial charge in [0.15, 0.2) is 0 Å². The molecule has 2 nitrogen and oxygen atoms in total. The number of hydrogen-bond acceptors (Lipinski definition) is 2. The van der Waals surface area contributed by atoms with E-state index in [2.05, 4.69) is 15.9 Å². The molecule has 1 unspecified atom stereocenters. The second-order valence-electron chi connectivity index (χ2n) is 4.98. The van der Waals surface area contributed by atoms with Crippen LogP contribution in [0.3, 0.4) is 0 Å². The van der Waals surface area contributed by atoms with Gasteiger partial charge in [0.1, 0.15) is 12.4 Å². The molecule has 21 heavy (non-hydrogen) atoms. The van der Waals surface area contributed by atoms with Crippen molar-refractivity contribution in [3.8, 4) is 5.75 Å². The quantitative estimate of drug-likeness (QED) is 0.761. The molecule has 2 rings (SSSR count). The van der Waals surface area contributed by atoms with Crippen LogP contribution in [0.25, 0.3) is 0 Å². The predicted molar refractivity (Wildman–Crippen MR) is 92.3 cm³/mol. The minimum Gasteiger partial charge on any atom is -0.488 e. The largest absolute Gasteiger partial charge is 0.488 e. The molecule has 0 heterocycles. The van der Waals surface area contributed by atoms with Crippen LogP contribution >= 0.6 is 39.1 Å². The van der Waals surface area contributed by atoms with Gasteiger partial charge >= 0.3 is 0 Å². The van der Waals surface area contributed by atoms with Crippen molar-refractivity contribution in [1.29, 1.82) is 0 Å². The molecule has 2 aromatic carbocycles. The van der Waals surface area contributed by atoms with E-state index < -0.39 is 0 Å². The summed E-state index contributed by atoms with van der Waals surface area (Å²) in [5.41, 5.74) is 7.95. The maximum Gasteiger partial charge on any atom is 0.134 e. The lowest BCUT2D eigenvalue weighted by Gasteiger charge is -2.11. The third-order valence-electron chi connectivity index (χ3n) is 2.93. The summed E-state index contributed by atoms with van der Waals surface area (Å²) in [7, 11) is 0. The van der Waals surface area contributed by atoms with Crippen molar-refractivity contribution in [1.82, 2.24) is 0 Å². The van der Waals surface area contributed by atoms with Crippen molar-refractivity contribution in [2.45, 2.75) is 26.0 Å². The Bertz CT molecular complexity index is 632. The molecule has 0 aliphatic heterocycles. The molecule has 0 spiro atoms. The minimum atomic E-state index is 0.139. The summed E-state index contributed by atoms with van der Waals surface area (Å²) >= 11 is 15.4. The molecule has 0 saturated heterocycles. The van der Waals surface area contributed by atoms with E-state index in [1.54, 1.807) is 6.07 Å². The monoisotopic (exact) mass is 387 g/mol. The predicted octanol–water partition coefficient (Wildman–Crippen LogP) is 5.22. The summed E-state index contributed by atoms with van der Waals surface area (Å²) in [6.45, 7) is 2.42. The second kappa shape index (κ2) is 7.50. The molecule has 112 valence electrons. The Kier molecular flexibility index (Phi) is 5.94. The maximum atomic E-state index is 5.99. The third-order valence-corrected chi connectivity index (χ3v) is 4.29. The van der Waals surface area contributed by atoms with Gasteiger partial charge < -0.3 is 10.5 Å². The fraction of sp³-hybridized carbons (Fsp3) is 0.250. The summed E-state index contributed by atoms with van der Waals surface area (Å²) in [4.78, 5) is 0. The van der Waals surface area contributed by atoms with Gasteiger partial charge in [-0.2, -0.15) is 0 Å². The number of rotatable bonds is 5. The van der Waals surface area contributed by atoms with Crippen LogP contribution in [0.15, 0.2) is 40.9 Å². The Balaban J connectivity index is 2.04. The van der Waals surface area contributed by atoms with Crippen LogP contribution in [0.2, 0.25) is 10.0 Å². The molecule has 0 amide bonds. The van der Waals surface area contributed by atoms with Crippen molar-refractivity contribution < 1.29 is 4.74 Å². The van der Waals surface area contributed by atoms with Gasteiger partial charge in [-0.15, -0.1) is 0 Å². The third kappa shape index (κ3) is 4.89. The average molecular weight is 389 g/mol. The molecule has 0 saturated carbocycles. The van der Waals surface area contributed by atoms with E-state index in [-0.39, 0.29) is 6.04 Å². The Morgan fingerprint density at radius 1 is 1.10 bits per heavy atom. The molecule has 2 aromatic rings. The zero-order valence-corrected chi connectivity index (χ0v) is 14.7. The molecule has 0 fully saturated rings. The van der Waals surface area contributed by atoms with Gasteiger partial charge in [0.25, 0.3) is 0 Å². The SMILES string of the molecule is CC(N)Cc1ccc(OCc2ccc(Cl)c(Cl)c2)c(Br)c1. The van der Waals surface area contributed by atoms with E-state index in [4.69, 9.17) is 33.7 Å². The second-order valence-corrected chi connectivity index (χ2v) is 6.65. The van der Waals surface area contributed by atoms with Crippen LogP contribution in [0, 0.1) is 0 Å². The summed E-state index contributed by atoms with van der Waals surface area (Å²) in [6.07, 6.45) is 0.839. The van der Waals surface area contributed by atoms with Gasteiger partial charge in [-0.3, -0.25) is 0 Å². The Morgan fingerprint density at radius 2 is 1.81 bits per heavy atom. The van der Waals surface area contributed by atoms with Crippen LogP contribution in [0.4, 0.5) is 0 Å². The lowest BCUT2D eigenvalue weighted by Crippen LogP contribution is -2.17. The molecule has 0 aliphatic rings. The van der Waals surface area contributed by atoms with Crippen molar-refractivity contribution in [2.24, 2.45) is 5.73 Å². The molecule has 5 heteroatoms. The topological polar surface area (TPSA) is 35.2 Å². The average Bonchev–Trinajstić information content (AvgIpc) is 2.41. The van der Waals surface area contributed by atoms with Gasteiger partial charge in [0, 0.05) is 6.04 Å². The fourth-order valence-electron chi connectivity index (χ4n) is 1.95. The fourth-order valence-corrected chi connectivity index (χ4v) is 2.81. The zero-order chi connectivity index (χ0) is 15.4. The first-order valence-corrected chi connectivity index (χ1v) is 8.11. The number of benzene rings is 2. The molecular weight excluding hydrogens is 373 g/mol. The van der Waals surface area contributed by atoms with Crippen LogP contribution in [0.5, 0.6) is 5.75 Å². The zero-order valence-electron chi connectivity index (χ0n) is 11.6. The first kappa shape index (κ1) is 16.6. The maximum absolute atomic E-state index is 5.99. The molecule has 0 aromatic heterocycles. The Labute approximate surface area is 143 Å². The van der Waals surface area contributed by atoms with E-state index in [1.807, 2.05) is 37.3 Å². The summed E-state index contributed by atoms with van der Waals surface area (Å²) in [5, 5.41) is 1.07. The molecule has 0 aliphatic carbocycles. The highest BCUT2D eigenvalue weighted by Crippen LogP contribution is 2.28. The summed E-state index contributed by atoms with van der Waals surface area (Å²) in [5.74, 6) is 0.787. The highest BCUT2D eigenvalue weighted by Gasteiger charge is 2.06. The highest BCUT2D eigenvalue weighted by atomic mass is 79.9. The van der Waals surface area contributed by atoms with Gasteiger partial charge in [0.05, 0.1) is 14.5 Å². The van der Waals surface area contributed by atoms with Gasteiger partial charge in [0.2, 0.25) is 0 Å². The molecule has 2 N–H and O–H groups in total. The van der Waals surface area contributed by atoms with Crippen LogP contribution in [0.1, 0.15) is 18.1 Å². The summed E-state index contributed by atoms with van der Waals surface area (Å²) < 4.78 is 6.72. The van der Waals surface area contributed by atoms with Gasteiger partial charge in [-0.25, -0.2) is 0 Å². The van der Waals surface area contributed by atoms with E-state index in [0.717, 1.165) is 22.2 Å². The molecule has 1 atom stereocenters. The molecule has 0 radical (unpaired) electrons. The smallest absolute Gasteiger partial charge is 0.134 e. The molecular formula is C16H16BrCl2NO. The highest BCUT2D eigenvalue weighted by molar-refractivity contribution is 9.10. The van der Waals surface area contributed by atoms with Crippen molar-refractivity contribution in [2.75, 3.05) is 0 Å². The first-order valence-electron chi connectivity index (χ1n) is 6.56. The number of halogens is 3. The van der Waals surface area contributed by atoms with E-state index >= 15 is 0 Å². The Morgan fingerprint density at radius 3 is 2.43 bits per heavy atom. The first-order chi connectivity index (χ1) is 9.95. The number of nitrogens with two attached hydrogens (primary N) is 1. The van der Waals surface area contributed by atoms with Gasteiger partial charge in [-0.1, -0.05) is 35.3 Å². The summed E-state index contributed by atoms with van der Waals surface area (Å²) in [6, 6.07) is 11.6. The minimum absolute atomic E-state index is 0.139. The lowest BCUT2D eigenvalue weighted by atomic mass is 10.1. The lowest BCUT2D eigenvalue weighted by molar-refractivity contribution is 0.304. The van der Waals surface area contributed by atoms with Gasteiger partial charge in [-0.05, 0) is 64.7 Å². The van der Waals surface area contributed by atoms with Crippen molar-refractivity contribution in [3.05, 3.63) is 62.0 Å². The number of hydrogen-bond donors (Lipinski definition) is 1. The van der Waals surface area contributed by atoms with E-state index in [0.29, 0.717) is 16.7 Å². The van der Waals surface area contributed by atoms with E-state index in [9.17, 15) is 0 Å². The normalized spacial score (nSPS) is 12.2.